The van der Waals surface area contributed by atoms with Gasteiger partial charge in [-0.2, -0.15) is 25.9 Å². The number of aromatic nitrogens is 2. The molecule has 13 heteroatoms. The van der Waals surface area contributed by atoms with Gasteiger partial charge >= 0.3 is 21.6 Å². The summed E-state index contributed by atoms with van der Waals surface area (Å²) < 4.78 is 66.9. The zero-order chi connectivity index (χ0) is 25.5. The van der Waals surface area contributed by atoms with Gasteiger partial charge in [-0.1, -0.05) is 32.4 Å². The summed E-state index contributed by atoms with van der Waals surface area (Å²) in [4.78, 5) is 20.8. The first-order chi connectivity index (χ1) is 15.7. The number of thiazole rings is 1. The molecule has 2 aromatic heterocycles. The zero-order valence-corrected chi connectivity index (χ0v) is 20.7. The number of sulfonamides is 1. The van der Waals surface area contributed by atoms with Gasteiger partial charge in [0.15, 0.2) is 0 Å². The minimum Gasteiger partial charge on any atom is -0.452 e. The maximum atomic E-state index is 13.1. The molecule has 0 spiro atoms. The minimum absolute atomic E-state index is 0.106. The molecule has 182 valence electrons. The molecule has 0 aliphatic rings. The van der Waals surface area contributed by atoms with E-state index >= 15 is 0 Å². The summed E-state index contributed by atoms with van der Waals surface area (Å²) in [5.74, 6) is 0. The summed E-state index contributed by atoms with van der Waals surface area (Å²) in [6, 6.07) is 6.96. The van der Waals surface area contributed by atoms with E-state index in [1.54, 1.807) is 17.6 Å². The van der Waals surface area contributed by atoms with Crippen LogP contribution in [0.4, 0.5) is 23.7 Å². The highest BCUT2D eigenvalue weighted by molar-refractivity contribution is 7.94. The molecule has 34 heavy (non-hydrogen) atoms. The van der Waals surface area contributed by atoms with Crippen molar-refractivity contribution in [2.45, 2.75) is 31.7 Å². The van der Waals surface area contributed by atoms with Crippen molar-refractivity contribution in [3.63, 3.8) is 0 Å². The number of ether oxygens (including phenoxy) is 1. The Morgan fingerprint density at radius 1 is 1.15 bits per heavy atom. The van der Waals surface area contributed by atoms with Gasteiger partial charge in [0.2, 0.25) is 0 Å². The lowest BCUT2D eigenvalue weighted by atomic mass is 9.91. The lowest BCUT2D eigenvalue weighted by Crippen LogP contribution is -2.44. The molecule has 0 saturated heterocycles. The Hall–Kier alpha value is -2.70. The van der Waals surface area contributed by atoms with Crippen LogP contribution in [0.15, 0.2) is 41.9 Å². The molecule has 0 fully saturated rings. The van der Waals surface area contributed by atoms with Gasteiger partial charge < -0.3 is 4.74 Å². The average molecular weight is 534 g/mol. The van der Waals surface area contributed by atoms with Crippen LogP contribution >= 0.6 is 22.9 Å². The molecule has 0 bridgehead atoms. The number of carbonyl (C=O) groups excluding carboxylic acids is 1. The predicted octanol–water partition coefficient (Wildman–Crippen LogP) is 6.25. The maximum Gasteiger partial charge on any atom is 0.517 e. The van der Waals surface area contributed by atoms with E-state index in [4.69, 9.17) is 11.6 Å². The number of amides is 1. The maximum absolute atomic E-state index is 13.1. The van der Waals surface area contributed by atoms with Crippen LogP contribution in [0.25, 0.3) is 21.8 Å². The first kappa shape index (κ1) is 25.9. The van der Waals surface area contributed by atoms with E-state index in [-0.39, 0.29) is 10.4 Å². The lowest BCUT2D eigenvalue weighted by Gasteiger charge is -2.22. The number of benzene rings is 1. The first-order valence-corrected chi connectivity index (χ1v) is 12.3. The van der Waals surface area contributed by atoms with Crippen LogP contribution in [0.1, 0.15) is 26.5 Å². The van der Waals surface area contributed by atoms with Crippen LogP contribution in [-0.4, -0.2) is 37.1 Å². The van der Waals surface area contributed by atoms with Crippen molar-refractivity contribution in [2.24, 2.45) is 0 Å². The monoisotopic (exact) mass is 533 g/mol. The summed E-state index contributed by atoms with van der Waals surface area (Å²) >= 11 is 7.59. The topological polar surface area (TPSA) is 89.5 Å². The van der Waals surface area contributed by atoms with Crippen molar-refractivity contribution < 1.29 is 31.1 Å². The van der Waals surface area contributed by atoms with Crippen LogP contribution in [0.5, 0.6) is 0 Å². The Balaban J connectivity index is 2.01. The Labute approximate surface area is 203 Å². The summed E-state index contributed by atoms with van der Waals surface area (Å²) in [7, 11) is -5.30. The number of carbonyl (C=O) groups is 1. The zero-order valence-electron chi connectivity index (χ0n) is 18.3. The Bertz CT molecular complexity index is 1340. The molecule has 7 nitrogen and oxygen atoms in total. The second-order valence-electron chi connectivity index (χ2n) is 8.07. The molecular weight excluding hydrogens is 515 g/mol. The minimum atomic E-state index is -6.06. The molecule has 2 heterocycles. The number of hydrogen-bond acceptors (Lipinski definition) is 7. The fourth-order valence-corrected chi connectivity index (χ4v) is 4.83. The molecule has 1 amide bonds. The number of alkyl halides is 3. The highest BCUT2D eigenvalue weighted by Crippen LogP contribution is 2.38. The van der Waals surface area contributed by atoms with Crippen molar-refractivity contribution in [1.82, 2.24) is 9.97 Å². The number of rotatable bonds is 4. The van der Waals surface area contributed by atoms with Crippen LogP contribution in [-0.2, 0) is 20.2 Å². The van der Waals surface area contributed by atoms with Gasteiger partial charge in [-0.3, -0.25) is 4.98 Å². The molecule has 0 saturated carbocycles. The highest BCUT2D eigenvalue weighted by atomic mass is 35.5. The number of anilines is 1. The number of halogens is 4. The second kappa shape index (κ2) is 9.16. The molecular formula is C21H19ClF3N3O4S2. The third kappa shape index (κ3) is 5.03. The van der Waals surface area contributed by atoms with Crippen molar-refractivity contribution >= 4 is 44.7 Å². The van der Waals surface area contributed by atoms with E-state index in [1.165, 1.54) is 17.4 Å². The van der Waals surface area contributed by atoms with Crippen molar-refractivity contribution in [3.8, 4) is 21.8 Å². The van der Waals surface area contributed by atoms with Crippen LogP contribution < -0.4 is 4.31 Å². The Morgan fingerprint density at radius 3 is 2.38 bits per heavy atom. The molecule has 0 N–H and O–H groups in total. The molecule has 0 aliphatic heterocycles. The fourth-order valence-electron chi connectivity index (χ4n) is 2.87. The quantitative estimate of drug-likeness (QED) is 0.394. The van der Waals surface area contributed by atoms with E-state index in [2.05, 4.69) is 14.7 Å². The van der Waals surface area contributed by atoms with E-state index in [9.17, 15) is 26.4 Å². The fraction of sp³-hybridized carbons (Fsp3) is 0.286. The predicted molar refractivity (Wildman–Crippen MR) is 124 cm³/mol. The first-order valence-electron chi connectivity index (χ1n) is 9.58. The van der Waals surface area contributed by atoms with E-state index in [0.29, 0.717) is 16.3 Å². The van der Waals surface area contributed by atoms with E-state index in [1.807, 2.05) is 26.8 Å². The van der Waals surface area contributed by atoms with Gasteiger partial charge in [0.05, 0.1) is 23.5 Å². The van der Waals surface area contributed by atoms with Crippen molar-refractivity contribution in [3.05, 3.63) is 52.6 Å². The number of hydrogen-bond donors (Lipinski definition) is 0. The molecule has 0 aliphatic carbocycles. The smallest absolute Gasteiger partial charge is 0.452 e. The molecule has 1 aromatic carbocycles. The van der Waals surface area contributed by atoms with Crippen LogP contribution in [0, 0.1) is 0 Å². The van der Waals surface area contributed by atoms with E-state index in [0.717, 1.165) is 30.5 Å². The third-order valence-corrected chi connectivity index (χ3v) is 7.25. The van der Waals surface area contributed by atoms with Gasteiger partial charge in [-0.25, -0.2) is 9.78 Å². The van der Waals surface area contributed by atoms with Crippen molar-refractivity contribution in [1.29, 1.82) is 0 Å². The highest BCUT2D eigenvalue weighted by Gasteiger charge is 2.53. The standard InChI is InChI=1S/C21H19ClF3N3O4S2/c1-20(2,3)17-9-12(7-8-26-17)18-27-16(11-33-18)14-6-5-13(10-15(14)22)28(19(29)32-4)34(30,31)21(23,24)25/h5-11H,1-4H3. The van der Waals surface area contributed by atoms with Gasteiger partial charge in [-0.15, -0.1) is 11.3 Å². The summed E-state index contributed by atoms with van der Waals surface area (Å²) in [5, 5.41) is 2.27. The largest absolute Gasteiger partial charge is 0.517 e. The lowest BCUT2D eigenvalue weighted by molar-refractivity contribution is -0.0438. The van der Waals surface area contributed by atoms with Gasteiger partial charge in [-0.05, 0) is 30.3 Å². The molecule has 3 aromatic rings. The van der Waals surface area contributed by atoms with E-state index < -0.39 is 31.6 Å². The van der Waals surface area contributed by atoms with Crippen LogP contribution in [0.3, 0.4) is 0 Å². The van der Waals surface area contributed by atoms with Gasteiger partial charge in [0.25, 0.3) is 0 Å². The average Bonchev–Trinajstić information content (AvgIpc) is 3.22. The van der Waals surface area contributed by atoms with Crippen LogP contribution in [0.2, 0.25) is 5.02 Å². The number of methoxy groups -OCH3 is 1. The van der Waals surface area contributed by atoms with Gasteiger partial charge in [0.1, 0.15) is 5.01 Å². The summed E-state index contributed by atoms with van der Waals surface area (Å²) in [6.07, 6.45) is -0.0502. The number of nitrogens with zero attached hydrogens (tertiary/aromatic N) is 3. The molecule has 0 atom stereocenters. The number of pyridine rings is 1. The normalized spacial score (nSPS) is 12.5. The Kier molecular flexibility index (Phi) is 6.98. The molecule has 3 rings (SSSR count). The SMILES string of the molecule is COC(=O)N(c1ccc(-c2csc(-c3ccnc(C(C)(C)C)c3)n2)c(Cl)c1)S(=O)(=O)C(F)(F)F. The third-order valence-electron chi connectivity index (χ3n) is 4.62. The van der Waals surface area contributed by atoms with Crippen molar-refractivity contribution in [2.75, 3.05) is 11.4 Å². The Morgan fingerprint density at radius 2 is 1.82 bits per heavy atom. The molecule has 0 radical (unpaired) electrons. The molecule has 0 unspecified atom stereocenters. The second-order valence-corrected chi connectivity index (χ2v) is 11.1. The van der Waals surface area contributed by atoms with Gasteiger partial charge in [0, 0.05) is 33.8 Å². The summed E-state index contributed by atoms with van der Waals surface area (Å²) in [6.45, 7) is 6.10. The summed E-state index contributed by atoms with van der Waals surface area (Å²) in [5.41, 5.74) is -4.06.